The third-order valence-corrected chi connectivity index (χ3v) is 5.10. The molecule has 1 aromatic carbocycles. The summed E-state index contributed by atoms with van der Waals surface area (Å²) in [7, 11) is 0. The van der Waals surface area contributed by atoms with Crippen LogP contribution in [0.4, 0.5) is 5.69 Å². The van der Waals surface area contributed by atoms with Crippen molar-refractivity contribution in [1.29, 1.82) is 0 Å². The first-order valence-corrected chi connectivity index (χ1v) is 8.74. The minimum Gasteiger partial charge on any atom is -0.396 e. The van der Waals surface area contributed by atoms with Crippen LogP contribution in [-0.2, 0) is 0 Å². The lowest BCUT2D eigenvalue weighted by Crippen LogP contribution is -2.29. The molecular formula is C19H22N6O. The molecule has 1 atom stereocenters. The molecule has 3 N–H and O–H groups in total. The normalized spacial score (nSPS) is 17.0. The van der Waals surface area contributed by atoms with E-state index < -0.39 is 0 Å². The van der Waals surface area contributed by atoms with E-state index in [1.807, 2.05) is 47.7 Å². The first-order valence-electron chi connectivity index (χ1n) is 8.74. The highest BCUT2D eigenvalue weighted by atomic mass is 16.2. The number of amides is 1. The summed E-state index contributed by atoms with van der Waals surface area (Å²) in [6.45, 7) is 5.32. The number of anilines is 1. The summed E-state index contributed by atoms with van der Waals surface area (Å²) in [6, 6.07) is 8.10. The van der Waals surface area contributed by atoms with E-state index in [1.54, 1.807) is 12.4 Å². The molecule has 3 aromatic rings. The van der Waals surface area contributed by atoms with Crippen molar-refractivity contribution >= 4 is 11.6 Å². The average Bonchev–Trinajstić information content (AvgIpc) is 3.35. The van der Waals surface area contributed by atoms with Crippen LogP contribution < -0.4 is 5.73 Å². The molecule has 1 amide bonds. The van der Waals surface area contributed by atoms with Crippen LogP contribution in [0.2, 0.25) is 0 Å². The second kappa shape index (κ2) is 6.33. The number of benzene rings is 1. The zero-order chi connectivity index (χ0) is 18.3. The Labute approximate surface area is 151 Å². The van der Waals surface area contributed by atoms with Crippen LogP contribution in [0, 0.1) is 13.8 Å². The zero-order valence-electron chi connectivity index (χ0n) is 14.9. The Kier molecular flexibility index (Phi) is 3.99. The first kappa shape index (κ1) is 16.4. The van der Waals surface area contributed by atoms with Gasteiger partial charge in [0.05, 0.1) is 40.7 Å². The maximum Gasteiger partial charge on any atom is 0.257 e. The topological polar surface area (TPSA) is 92.8 Å². The molecule has 134 valence electrons. The molecule has 1 saturated heterocycles. The lowest BCUT2D eigenvalue weighted by atomic mass is 10.0. The van der Waals surface area contributed by atoms with Gasteiger partial charge >= 0.3 is 0 Å². The molecule has 1 aliphatic heterocycles. The van der Waals surface area contributed by atoms with Crippen molar-refractivity contribution in [2.24, 2.45) is 0 Å². The van der Waals surface area contributed by atoms with Gasteiger partial charge in [0.25, 0.3) is 5.91 Å². The summed E-state index contributed by atoms with van der Waals surface area (Å²) < 4.78 is 1.81. The van der Waals surface area contributed by atoms with Gasteiger partial charge in [-0.2, -0.15) is 10.2 Å². The van der Waals surface area contributed by atoms with Gasteiger partial charge in [-0.25, -0.2) is 4.68 Å². The van der Waals surface area contributed by atoms with Crippen LogP contribution in [0.5, 0.6) is 0 Å². The van der Waals surface area contributed by atoms with Gasteiger partial charge in [-0.15, -0.1) is 0 Å². The number of aromatic amines is 1. The Bertz CT molecular complexity index is 939. The molecule has 1 unspecified atom stereocenters. The van der Waals surface area contributed by atoms with Crippen molar-refractivity contribution < 1.29 is 4.79 Å². The Balaban J connectivity index is 1.54. The number of aryl methyl sites for hydroxylation is 1. The highest BCUT2D eigenvalue weighted by Gasteiger charge is 2.31. The zero-order valence-corrected chi connectivity index (χ0v) is 14.9. The molecule has 0 spiro atoms. The lowest BCUT2D eigenvalue weighted by Gasteiger charge is -2.16. The second-order valence-electron chi connectivity index (χ2n) is 6.87. The number of nitrogens with one attached hydrogen (secondary N) is 1. The Hall–Kier alpha value is -3.09. The summed E-state index contributed by atoms with van der Waals surface area (Å²) in [5.74, 6) is 0.218. The van der Waals surface area contributed by atoms with E-state index >= 15 is 0 Å². The molecule has 0 saturated carbocycles. The largest absolute Gasteiger partial charge is 0.396 e. The quantitative estimate of drug-likeness (QED) is 0.759. The van der Waals surface area contributed by atoms with Gasteiger partial charge in [-0.05, 0) is 32.4 Å². The van der Waals surface area contributed by atoms with E-state index in [2.05, 4.69) is 15.3 Å². The molecule has 7 heteroatoms. The fourth-order valence-electron chi connectivity index (χ4n) is 3.55. The molecule has 1 aliphatic rings. The SMILES string of the molecule is Cc1ccc(-n2ncc(C(=O)N3CCC(c4[nH]ncc4N)C3)c2C)cc1. The number of nitrogen functional groups attached to an aromatic ring is 1. The Morgan fingerprint density at radius 3 is 2.69 bits per heavy atom. The molecule has 0 aliphatic carbocycles. The number of carbonyl (C=O) groups is 1. The molecule has 3 heterocycles. The van der Waals surface area contributed by atoms with Gasteiger partial charge in [-0.3, -0.25) is 9.89 Å². The highest BCUT2D eigenvalue weighted by molar-refractivity contribution is 5.95. The van der Waals surface area contributed by atoms with Gasteiger partial charge < -0.3 is 10.6 Å². The van der Waals surface area contributed by atoms with Gasteiger partial charge in [-0.1, -0.05) is 17.7 Å². The predicted octanol–water partition coefficient (Wildman–Crippen LogP) is 2.42. The van der Waals surface area contributed by atoms with Crippen LogP contribution in [-0.4, -0.2) is 43.9 Å². The fourth-order valence-corrected chi connectivity index (χ4v) is 3.55. The van der Waals surface area contributed by atoms with Crippen molar-refractivity contribution in [3.05, 3.63) is 59.2 Å². The van der Waals surface area contributed by atoms with Crippen LogP contribution in [0.3, 0.4) is 0 Å². The van der Waals surface area contributed by atoms with Crippen molar-refractivity contribution in [2.75, 3.05) is 18.8 Å². The van der Waals surface area contributed by atoms with Crippen molar-refractivity contribution in [2.45, 2.75) is 26.2 Å². The van der Waals surface area contributed by atoms with Crippen LogP contribution in [0.25, 0.3) is 5.69 Å². The summed E-state index contributed by atoms with van der Waals surface area (Å²) in [5, 5.41) is 11.4. The minimum absolute atomic E-state index is 0.0152. The standard InChI is InChI=1S/C19H22N6O/c1-12-3-5-15(6-4-12)25-13(2)16(9-22-25)19(26)24-8-7-14(11-24)18-17(20)10-21-23-18/h3-6,9-10,14H,7-8,11,20H2,1-2H3,(H,21,23). The molecule has 1 fully saturated rings. The summed E-state index contributed by atoms with van der Waals surface area (Å²) >= 11 is 0. The van der Waals surface area contributed by atoms with Crippen molar-refractivity contribution in [3.8, 4) is 5.69 Å². The molecule has 2 aromatic heterocycles. The van der Waals surface area contributed by atoms with Crippen molar-refractivity contribution in [1.82, 2.24) is 24.9 Å². The van der Waals surface area contributed by atoms with Crippen LogP contribution in [0.1, 0.15) is 39.6 Å². The summed E-state index contributed by atoms with van der Waals surface area (Å²) in [5.41, 5.74) is 11.2. The summed E-state index contributed by atoms with van der Waals surface area (Å²) in [6.07, 6.45) is 4.16. The number of H-pyrrole nitrogens is 1. The fraction of sp³-hybridized carbons (Fsp3) is 0.316. The van der Waals surface area contributed by atoms with Crippen LogP contribution in [0.15, 0.2) is 36.7 Å². The van der Waals surface area contributed by atoms with Gasteiger partial charge in [0.15, 0.2) is 0 Å². The molecule has 0 radical (unpaired) electrons. The number of aromatic nitrogens is 4. The number of hydrogen-bond acceptors (Lipinski definition) is 4. The predicted molar refractivity (Wildman–Crippen MR) is 99.3 cm³/mol. The Morgan fingerprint density at radius 2 is 2.00 bits per heavy atom. The minimum atomic E-state index is 0.0152. The number of carbonyl (C=O) groups excluding carboxylic acids is 1. The van der Waals surface area contributed by atoms with Gasteiger partial charge in [0.2, 0.25) is 0 Å². The highest BCUT2D eigenvalue weighted by Crippen LogP contribution is 2.30. The Morgan fingerprint density at radius 1 is 1.23 bits per heavy atom. The molecule has 26 heavy (non-hydrogen) atoms. The third-order valence-electron chi connectivity index (χ3n) is 5.10. The summed E-state index contributed by atoms with van der Waals surface area (Å²) in [4.78, 5) is 14.9. The lowest BCUT2D eigenvalue weighted by molar-refractivity contribution is 0.0790. The number of likely N-dealkylation sites (tertiary alicyclic amines) is 1. The molecule has 4 rings (SSSR count). The first-order chi connectivity index (χ1) is 12.5. The second-order valence-corrected chi connectivity index (χ2v) is 6.87. The van der Waals surface area contributed by atoms with E-state index in [0.29, 0.717) is 24.3 Å². The number of hydrogen-bond donors (Lipinski definition) is 2. The van der Waals surface area contributed by atoms with E-state index in [1.165, 1.54) is 5.56 Å². The molecule has 7 nitrogen and oxygen atoms in total. The molecule has 0 bridgehead atoms. The maximum atomic E-state index is 13.0. The smallest absolute Gasteiger partial charge is 0.257 e. The monoisotopic (exact) mass is 350 g/mol. The van der Waals surface area contributed by atoms with Gasteiger partial charge in [0.1, 0.15) is 0 Å². The van der Waals surface area contributed by atoms with E-state index in [9.17, 15) is 4.79 Å². The van der Waals surface area contributed by atoms with E-state index in [4.69, 9.17) is 5.73 Å². The number of nitrogens with two attached hydrogens (primary N) is 1. The van der Waals surface area contributed by atoms with E-state index in [0.717, 1.165) is 23.5 Å². The average molecular weight is 350 g/mol. The van der Waals surface area contributed by atoms with Crippen molar-refractivity contribution in [3.63, 3.8) is 0 Å². The maximum absolute atomic E-state index is 13.0. The van der Waals surface area contributed by atoms with Gasteiger partial charge in [0, 0.05) is 19.0 Å². The third kappa shape index (κ3) is 2.75. The van der Waals surface area contributed by atoms with Crippen LogP contribution >= 0.6 is 0 Å². The van der Waals surface area contributed by atoms with E-state index in [-0.39, 0.29) is 11.8 Å². The molecular weight excluding hydrogens is 328 g/mol. The number of nitrogens with zero attached hydrogens (tertiary/aromatic N) is 4. The number of rotatable bonds is 3.